The lowest BCUT2D eigenvalue weighted by molar-refractivity contribution is 0.0325. The Morgan fingerprint density at radius 3 is 2.67 bits per heavy atom. The van der Waals surface area contributed by atoms with Crippen LogP contribution >= 0.6 is 0 Å². The molecule has 0 aromatic carbocycles. The van der Waals surface area contributed by atoms with Gasteiger partial charge in [0.05, 0.1) is 12.1 Å². The van der Waals surface area contributed by atoms with E-state index in [9.17, 15) is 5.11 Å². The van der Waals surface area contributed by atoms with Crippen molar-refractivity contribution in [2.45, 2.75) is 38.8 Å². The summed E-state index contributed by atoms with van der Waals surface area (Å²) in [6, 6.07) is 1.91. The second-order valence-corrected chi connectivity index (χ2v) is 3.88. The zero-order chi connectivity index (χ0) is 11.1. The lowest BCUT2D eigenvalue weighted by atomic mass is 9.98. The molecule has 0 unspecified atom stereocenters. The summed E-state index contributed by atoms with van der Waals surface area (Å²) in [7, 11) is 0. The van der Waals surface area contributed by atoms with E-state index in [1.165, 1.54) is 0 Å². The van der Waals surface area contributed by atoms with Crippen molar-refractivity contribution in [1.82, 2.24) is 15.1 Å². The third kappa shape index (κ3) is 4.01. The Hall–Kier alpha value is -0.870. The molecule has 1 heterocycles. The van der Waals surface area contributed by atoms with Gasteiger partial charge in [0, 0.05) is 25.5 Å². The van der Waals surface area contributed by atoms with Gasteiger partial charge in [0.15, 0.2) is 0 Å². The van der Waals surface area contributed by atoms with Crippen LogP contribution in [0, 0.1) is 0 Å². The maximum atomic E-state index is 10.0. The highest BCUT2D eigenvalue weighted by atomic mass is 16.3. The molecule has 0 radical (unpaired) electrons. The summed E-state index contributed by atoms with van der Waals surface area (Å²) in [6.45, 7) is 6.36. The predicted octanol–water partition coefficient (Wildman–Crippen LogP) is 1.02. The van der Waals surface area contributed by atoms with Crippen LogP contribution in [-0.2, 0) is 6.54 Å². The highest BCUT2D eigenvalue weighted by Crippen LogP contribution is 2.12. The molecule has 0 atom stereocenters. The fourth-order valence-electron chi connectivity index (χ4n) is 1.45. The molecular weight excluding hydrogens is 190 g/mol. The first-order valence-corrected chi connectivity index (χ1v) is 5.60. The first-order valence-electron chi connectivity index (χ1n) is 5.60. The van der Waals surface area contributed by atoms with Crippen molar-refractivity contribution < 1.29 is 5.11 Å². The van der Waals surface area contributed by atoms with Gasteiger partial charge in [-0.3, -0.25) is 4.68 Å². The SMILES string of the molecule is CCC(O)(CC)CNCCn1cccn1. The predicted molar refractivity (Wildman–Crippen MR) is 60.6 cm³/mol. The number of rotatable bonds is 7. The van der Waals surface area contributed by atoms with Crippen molar-refractivity contribution in [3.8, 4) is 0 Å². The normalized spacial score (nSPS) is 11.9. The summed E-state index contributed by atoms with van der Waals surface area (Å²) in [4.78, 5) is 0. The molecule has 0 saturated heterocycles. The van der Waals surface area contributed by atoms with Gasteiger partial charge < -0.3 is 10.4 Å². The minimum atomic E-state index is -0.551. The molecule has 1 rings (SSSR count). The molecule has 4 heteroatoms. The third-order valence-corrected chi connectivity index (χ3v) is 2.85. The van der Waals surface area contributed by atoms with Gasteiger partial charge in [-0.05, 0) is 18.9 Å². The molecule has 15 heavy (non-hydrogen) atoms. The summed E-state index contributed by atoms with van der Waals surface area (Å²) in [6.07, 6.45) is 5.29. The Morgan fingerprint density at radius 2 is 2.13 bits per heavy atom. The molecule has 0 amide bonds. The third-order valence-electron chi connectivity index (χ3n) is 2.85. The van der Waals surface area contributed by atoms with E-state index in [0.717, 1.165) is 25.9 Å². The van der Waals surface area contributed by atoms with E-state index in [4.69, 9.17) is 0 Å². The maximum absolute atomic E-state index is 10.0. The van der Waals surface area contributed by atoms with Crippen LogP contribution in [0.1, 0.15) is 26.7 Å². The van der Waals surface area contributed by atoms with Crippen molar-refractivity contribution in [3.63, 3.8) is 0 Å². The molecule has 1 aromatic rings. The summed E-state index contributed by atoms with van der Waals surface area (Å²) >= 11 is 0. The van der Waals surface area contributed by atoms with Gasteiger partial charge in [-0.15, -0.1) is 0 Å². The van der Waals surface area contributed by atoms with Crippen LogP contribution in [0.15, 0.2) is 18.5 Å². The van der Waals surface area contributed by atoms with Crippen LogP contribution < -0.4 is 5.32 Å². The zero-order valence-corrected chi connectivity index (χ0v) is 9.61. The average molecular weight is 211 g/mol. The standard InChI is InChI=1S/C11H21N3O/c1-3-11(15,4-2)10-12-7-9-14-8-5-6-13-14/h5-6,8,12,15H,3-4,7,9-10H2,1-2H3. The molecule has 0 fully saturated rings. The van der Waals surface area contributed by atoms with Crippen LogP contribution in [0.3, 0.4) is 0 Å². The molecule has 0 saturated carbocycles. The number of aliphatic hydroxyl groups is 1. The van der Waals surface area contributed by atoms with E-state index in [1.54, 1.807) is 6.20 Å². The fraction of sp³-hybridized carbons (Fsp3) is 0.727. The lowest BCUT2D eigenvalue weighted by Gasteiger charge is -2.25. The summed E-state index contributed by atoms with van der Waals surface area (Å²) in [5.74, 6) is 0. The fourth-order valence-corrected chi connectivity index (χ4v) is 1.45. The van der Waals surface area contributed by atoms with Gasteiger partial charge in [-0.1, -0.05) is 13.8 Å². The highest BCUT2D eigenvalue weighted by Gasteiger charge is 2.20. The van der Waals surface area contributed by atoms with Gasteiger partial charge in [0.1, 0.15) is 0 Å². The smallest absolute Gasteiger partial charge is 0.0766 e. The number of hydrogen-bond donors (Lipinski definition) is 2. The molecule has 1 aromatic heterocycles. The minimum absolute atomic E-state index is 0.551. The molecule has 0 aliphatic rings. The van der Waals surface area contributed by atoms with Gasteiger partial charge in [-0.2, -0.15) is 5.10 Å². The number of nitrogens with one attached hydrogen (secondary N) is 1. The van der Waals surface area contributed by atoms with Gasteiger partial charge in [0.25, 0.3) is 0 Å². The van der Waals surface area contributed by atoms with Crippen LogP contribution in [0.5, 0.6) is 0 Å². The number of hydrogen-bond acceptors (Lipinski definition) is 3. The Kier molecular flexibility index (Phi) is 4.78. The average Bonchev–Trinajstić information content (AvgIpc) is 2.77. The van der Waals surface area contributed by atoms with E-state index < -0.39 is 5.60 Å². The Balaban J connectivity index is 2.16. The summed E-state index contributed by atoms with van der Waals surface area (Å²) in [5, 5.41) is 17.4. The van der Waals surface area contributed by atoms with Crippen LogP contribution in [-0.4, -0.2) is 33.6 Å². The molecule has 0 aliphatic carbocycles. The van der Waals surface area contributed by atoms with Crippen LogP contribution in [0.25, 0.3) is 0 Å². The van der Waals surface area contributed by atoms with E-state index >= 15 is 0 Å². The first kappa shape index (κ1) is 12.2. The van der Waals surface area contributed by atoms with Crippen LogP contribution in [0.2, 0.25) is 0 Å². The summed E-state index contributed by atoms with van der Waals surface area (Å²) in [5.41, 5.74) is -0.551. The number of nitrogens with zero attached hydrogens (tertiary/aromatic N) is 2. The van der Waals surface area contributed by atoms with Crippen molar-refractivity contribution in [3.05, 3.63) is 18.5 Å². The maximum Gasteiger partial charge on any atom is 0.0766 e. The molecule has 0 aliphatic heterocycles. The quantitative estimate of drug-likeness (QED) is 0.662. The molecule has 4 nitrogen and oxygen atoms in total. The Labute approximate surface area is 91.3 Å². The van der Waals surface area contributed by atoms with Crippen molar-refractivity contribution in [2.75, 3.05) is 13.1 Å². The molecule has 86 valence electrons. The Morgan fingerprint density at radius 1 is 1.40 bits per heavy atom. The van der Waals surface area contributed by atoms with Crippen molar-refractivity contribution in [1.29, 1.82) is 0 Å². The Bertz CT molecular complexity index is 255. The van der Waals surface area contributed by atoms with E-state index in [-0.39, 0.29) is 0 Å². The van der Waals surface area contributed by atoms with Gasteiger partial charge in [-0.25, -0.2) is 0 Å². The lowest BCUT2D eigenvalue weighted by Crippen LogP contribution is -2.40. The van der Waals surface area contributed by atoms with Crippen molar-refractivity contribution >= 4 is 0 Å². The van der Waals surface area contributed by atoms with Gasteiger partial charge in [0.2, 0.25) is 0 Å². The van der Waals surface area contributed by atoms with Crippen LogP contribution in [0.4, 0.5) is 0 Å². The first-order chi connectivity index (χ1) is 7.20. The molecular formula is C11H21N3O. The van der Waals surface area contributed by atoms with E-state index in [0.29, 0.717) is 6.54 Å². The zero-order valence-electron chi connectivity index (χ0n) is 9.61. The number of aromatic nitrogens is 2. The second-order valence-electron chi connectivity index (χ2n) is 3.88. The minimum Gasteiger partial charge on any atom is -0.389 e. The largest absolute Gasteiger partial charge is 0.389 e. The van der Waals surface area contributed by atoms with Gasteiger partial charge >= 0.3 is 0 Å². The topological polar surface area (TPSA) is 50.1 Å². The van der Waals surface area contributed by atoms with E-state index in [2.05, 4.69) is 10.4 Å². The molecule has 0 spiro atoms. The summed E-state index contributed by atoms with van der Waals surface area (Å²) < 4.78 is 1.88. The highest BCUT2D eigenvalue weighted by molar-refractivity contribution is 4.79. The van der Waals surface area contributed by atoms with E-state index in [1.807, 2.05) is 30.8 Å². The second kappa shape index (κ2) is 5.88. The monoisotopic (exact) mass is 211 g/mol. The molecule has 0 bridgehead atoms. The van der Waals surface area contributed by atoms with Crippen molar-refractivity contribution in [2.24, 2.45) is 0 Å². The molecule has 2 N–H and O–H groups in total.